The van der Waals surface area contributed by atoms with Gasteiger partial charge in [-0.05, 0) is 30.3 Å². The summed E-state index contributed by atoms with van der Waals surface area (Å²) in [5, 5.41) is 3.91. The van der Waals surface area contributed by atoms with Crippen molar-refractivity contribution in [3.63, 3.8) is 0 Å². The summed E-state index contributed by atoms with van der Waals surface area (Å²) in [6, 6.07) is 10.0. The van der Waals surface area contributed by atoms with Crippen molar-refractivity contribution < 1.29 is 33.0 Å². The van der Waals surface area contributed by atoms with Gasteiger partial charge in [-0.1, -0.05) is 5.16 Å². The molecule has 0 unspecified atom stereocenters. The number of aromatic nitrogens is 2. The van der Waals surface area contributed by atoms with E-state index in [4.69, 9.17) is 28.2 Å². The molecule has 1 aliphatic rings. The third-order valence-corrected chi connectivity index (χ3v) is 4.05. The monoisotopic (exact) mass is 384 g/mol. The second-order valence-corrected chi connectivity index (χ2v) is 5.72. The van der Waals surface area contributed by atoms with E-state index in [2.05, 4.69) is 10.1 Å². The summed E-state index contributed by atoms with van der Waals surface area (Å²) in [6.07, 6.45) is 0. The van der Waals surface area contributed by atoms with Crippen LogP contribution < -0.4 is 18.9 Å². The van der Waals surface area contributed by atoms with Gasteiger partial charge in [-0.15, -0.1) is 0 Å². The fourth-order valence-corrected chi connectivity index (χ4v) is 2.64. The number of esters is 1. The SMILES string of the molecule is COc1ccc(-c2noc(COC(=O)c3ccc4c(c3)OCO4)n2)c(OC)c1. The van der Waals surface area contributed by atoms with Crippen LogP contribution in [0.1, 0.15) is 16.2 Å². The summed E-state index contributed by atoms with van der Waals surface area (Å²) in [7, 11) is 3.10. The van der Waals surface area contributed by atoms with Gasteiger partial charge in [-0.2, -0.15) is 4.98 Å². The van der Waals surface area contributed by atoms with Gasteiger partial charge in [0.25, 0.3) is 5.89 Å². The maximum absolute atomic E-state index is 12.2. The van der Waals surface area contributed by atoms with Crippen molar-refractivity contribution in [2.75, 3.05) is 21.0 Å². The largest absolute Gasteiger partial charge is 0.497 e. The lowest BCUT2D eigenvalue weighted by Gasteiger charge is -2.07. The summed E-state index contributed by atoms with van der Waals surface area (Å²) in [6.45, 7) is -0.0356. The number of nitrogens with zero attached hydrogens (tertiary/aromatic N) is 2. The molecule has 4 rings (SSSR count). The van der Waals surface area contributed by atoms with Gasteiger partial charge < -0.3 is 28.2 Å². The molecule has 0 atom stereocenters. The summed E-state index contributed by atoms with van der Waals surface area (Å²) in [4.78, 5) is 16.5. The number of fused-ring (bicyclic) bond motifs is 1. The fraction of sp³-hybridized carbons (Fsp3) is 0.211. The second kappa shape index (κ2) is 7.47. The van der Waals surface area contributed by atoms with Crippen LogP contribution in [0.4, 0.5) is 0 Å². The highest BCUT2D eigenvalue weighted by molar-refractivity contribution is 5.90. The zero-order valence-corrected chi connectivity index (χ0v) is 15.1. The lowest BCUT2D eigenvalue weighted by molar-refractivity contribution is 0.0429. The van der Waals surface area contributed by atoms with E-state index >= 15 is 0 Å². The van der Waals surface area contributed by atoms with E-state index in [-0.39, 0.29) is 19.3 Å². The molecule has 0 saturated carbocycles. The van der Waals surface area contributed by atoms with E-state index in [0.29, 0.717) is 39.9 Å². The van der Waals surface area contributed by atoms with Gasteiger partial charge in [0.15, 0.2) is 18.1 Å². The molecule has 3 aromatic rings. The summed E-state index contributed by atoms with van der Waals surface area (Å²) < 4.78 is 31.4. The van der Waals surface area contributed by atoms with Gasteiger partial charge in [0.2, 0.25) is 12.6 Å². The number of ether oxygens (including phenoxy) is 5. The number of methoxy groups -OCH3 is 2. The first kappa shape index (κ1) is 17.7. The highest BCUT2D eigenvalue weighted by atomic mass is 16.7. The predicted octanol–water partition coefficient (Wildman–Crippen LogP) is 2.84. The molecule has 1 aliphatic heterocycles. The molecule has 0 saturated heterocycles. The molecule has 28 heavy (non-hydrogen) atoms. The van der Waals surface area contributed by atoms with E-state index in [1.807, 2.05) is 0 Å². The smallest absolute Gasteiger partial charge is 0.338 e. The summed E-state index contributed by atoms with van der Waals surface area (Å²) >= 11 is 0. The van der Waals surface area contributed by atoms with Gasteiger partial charge in [-0.3, -0.25) is 0 Å². The number of hydrogen-bond acceptors (Lipinski definition) is 9. The Balaban J connectivity index is 1.45. The lowest BCUT2D eigenvalue weighted by atomic mass is 10.2. The zero-order chi connectivity index (χ0) is 19.5. The maximum Gasteiger partial charge on any atom is 0.338 e. The Morgan fingerprint density at radius 1 is 1.07 bits per heavy atom. The standard InChI is InChI=1S/C19H16N2O7/c1-23-12-4-5-13(15(8-12)24-2)18-20-17(28-21-18)9-25-19(22)11-3-6-14-16(7-11)27-10-26-14/h3-8H,9-10H2,1-2H3. The van der Waals surface area contributed by atoms with Crippen LogP contribution in [0, 0.1) is 0 Å². The molecule has 0 radical (unpaired) electrons. The van der Waals surface area contributed by atoms with E-state index < -0.39 is 5.97 Å². The predicted molar refractivity (Wildman–Crippen MR) is 94.5 cm³/mol. The van der Waals surface area contributed by atoms with Gasteiger partial charge in [0, 0.05) is 6.07 Å². The summed E-state index contributed by atoms with van der Waals surface area (Å²) in [5.74, 6) is 2.19. The van der Waals surface area contributed by atoms with Crippen LogP contribution in [-0.4, -0.2) is 37.1 Å². The number of carbonyl (C=O) groups excluding carboxylic acids is 1. The van der Waals surface area contributed by atoms with Crippen molar-refractivity contribution in [1.82, 2.24) is 10.1 Å². The highest BCUT2D eigenvalue weighted by Crippen LogP contribution is 2.33. The molecule has 1 aromatic heterocycles. The van der Waals surface area contributed by atoms with Crippen LogP contribution in [-0.2, 0) is 11.3 Å². The van der Waals surface area contributed by atoms with E-state index in [9.17, 15) is 4.79 Å². The lowest BCUT2D eigenvalue weighted by Crippen LogP contribution is -2.05. The second-order valence-electron chi connectivity index (χ2n) is 5.72. The van der Waals surface area contributed by atoms with Crippen molar-refractivity contribution in [3.8, 4) is 34.4 Å². The number of rotatable bonds is 6. The Bertz CT molecular complexity index is 1020. The van der Waals surface area contributed by atoms with Crippen LogP contribution in [0.2, 0.25) is 0 Å². The Labute approximate surface area is 159 Å². The van der Waals surface area contributed by atoms with Gasteiger partial charge in [0.05, 0.1) is 25.3 Å². The zero-order valence-electron chi connectivity index (χ0n) is 15.1. The van der Waals surface area contributed by atoms with Gasteiger partial charge in [0.1, 0.15) is 11.5 Å². The molecule has 0 N–H and O–H groups in total. The van der Waals surface area contributed by atoms with Crippen LogP contribution in [0.3, 0.4) is 0 Å². The average Bonchev–Trinajstić information content (AvgIpc) is 3.40. The van der Waals surface area contributed by atoms with Crippen LogP contribution in [0.25, 0.3) is 11.4 Å². The molecule has 9 heteroatoms. The Kier molecular flexibility index (Phi) is 4.71. The van der Waals surface area contributed by atoms with Crippen molar-refractivity contribution in [3.05, 3.63) is 47.9 Å². The van der Waals surface area contributed by atoms with Crippen LogP contribution in [0.5, 0.6) is 23.0 Å². The number of carbonyl (C=O) groups is 1. The molecular formula is C19H16N2O7. The topological polar surface area (TPSA) is 102 Å². The van der Waals surface area contributed by atoms with Gasteiger partial charge >= 0.3 is 5.97 Å². The molecular weight excluding hydrogens is 368 g/mol. The Hall–Kier alpha value is -3.75. The quantitative estimate of drug-likeness (QED) is 0.594. The normalized spacial score (nSPS) is 11.9. The van der Waals surface area contributed by atoms with E-state index in [1.165, 1.54) is 7.11 Å². The number of benzene rings is 2. The van der Waals surface area contributed by atoms with Crippen LogP contribution >= 0.6 is 0 Å². The number of hydrogen-bond donors (Lipinski definition) is 0. The average molecular weight is 384 g/mol. The van der Waals surface area contributed by atoms with Crippen molar-refractivity contribution >= 4 is 5.97 Å². The molecule has 144 valence electrons. The fourth-order valence-electron chi connectivity index (χ4n) is 2.64. The molecule has 0 spiro atoms. The minimum atomic E-state index is -0.542. The molecule has 2 heterocycles. The van der Waals surface area contributed by atoms with Crippen molar-refractivity contribution in [2.24, 2.45) is 0 Å². The summed E-state index contributed by atoms with van der Waals surface area (Å²) in [5.41, 5.74) is 0.959. The maximum atomic E-state index is 12.2. The van der Waals surface area contributed by atoms with E-state index in [0.717, 1.165) is 0 Å². The third kappa shape index (κ3) is 3.41. The first-order chi connectivity index (χ1) is 13.7. The minimum Gasteiger partial charge on any atom is -0.497 e. The van der Waals surface area contributed by atoms with Crippen LogP contribution in [0.15, 0.2) is 40.9 Å². The Morgan fingerprint density at radius 2 is 1.93 bits per heavy atom. The van der Waals surface area contributed by atoms with Gasteiger partial charge in [-0.25, -0.2) is 4.79 Å². The Morgan fingerprint density at radius 3 is 2.75 bits per heavy atom. The van der Waals surface area contributed by atoms with Crippen molar-refractivity contribution in [1.29, 1.82) is 0 Å². The molecule has 0 amide bonds. The first-order valence-corrected chi connectivity index (χ1v) is 8.29. The molecule has 9 nitrogen and oxygen atoms in total. The van der Waals surface area contributed by atoms with Crippen molar-refractivity contribution in [2.45, 2.75) is 6.61 Å². The van der Waals surface area contributed by atoms with E-state index in [1.54, 1.807) is 43.5 Å². The third-order valence-electron chi connectivity index (χ3n) is 4.05. The first-order valence-electron chi connectivity index (χ1n) is 8.29. The molecule has 0 aliphatic carbocycles. The highest BCUT2D eigenvalue weighted by Gasteiger charge is 2.19. The molecule has 0 bridgehead atoms. The molecule has 0 fully saturated rings. The molecule has 2 aromatic carbocycles. The minimum absolute atomic E-state index is 0.132.